The Hall–Kier alpha value is -0.630. The lowest BCUT2D eigenvalue weighted by Crippen LogP contribution is -2.48. The van der Waals surface area contributed by atoms with E-state index in [4.69, 9.17) is 10.00 Å². The second-order valence-corrected chi connectivity index (χ2v) is 5.02. The molecule has 16 heavy (non-hydrogen) atoms. The summed E-state index contributed by atoms with van der Waals surface area (Å²) >= 11 is 0. The van der Waals surface area contributed by atoms with Gasteiger partial charge in [-0.2, -0.15) is 5.26 Å². The summed E-state index contributed by atoms with van der Waals surface area (Å²) in [6.07, 6.45) is 3.38. The number of hydrogen-bond acceptors (Lipinski definition) is 4. The van der Waals surface area contributed by atoms with Crippen LogP contribution in [0.5, 0.6) is 0 Å². The van der Waals surface area contributed by atoms with Crippen LogP contribution in [0.15, 0.2) is 0 Å². The second-order valence-electron chi connectivity index (χ2n) is 5.02. The Labute approximate surface area is 96.8 Å². The van der Waals surface area contributed by atoms with Gasteiger partial charge >= 0.3 is 0 Å². The van der Waals surface area contributed by atoms with Crippen molar-refractivity contribution < 1.29 is 9.84 Å². The fourth-order valence-electron chi connectivity index (χ4n) is 2.55. The molecule has 0 atom stereocenters. The summed E-state index contributed by atoms with van der Waals surface area (Å²) in [5.41, 5.74) is -0.558. The third-order valence-electron chi connectivity index (χ3n) is 3.71. The van der Waals surface area contributed by atoms with Crippen LogP contribution in [0.25, 0.3) is 0 Å². The third-order valence-corrected chi connectivity index (χ3v) is 3.71. The van der Waals surface area contributed by atoms with E-state index in [9.17, 15) is 5.11 Å². The van der Waals surface area contributed by atoms with E-state index in [-0.39, 0.29) is 5.92 Å². The molecule has 1 N–H and O–H groups in total. The van der Waals surface area contributed by atoms with Gasteiger partial charge in [0.05, 0.1) is 11.7 Å². The van der Waals surface area contributed by atoms with Gasteiger partial charge in [-0.1, -0.05) is 0 Å². The van der Waals surface area contributed by atoms with Crippen LogP contribution in [0.3, 0.4) is 0 Å². The van der Waals surface area contributed by atoms with Crippen molar-refractivity contribution in [3.05, 3.63) is 0 Å². The molecule has 0 radical (unpaired) electrons. The Morgan fingerprint density at radius 3 is 2.50 bits per heavy atom. The number of ether oxygens (including phenoxy) is 1. The molecule has 0 saturated carbocycles. The van der Waals surface area contributed by atoms with Gasteiger partial charge in [0.1, 0.15) is 0 Å². The van der Waals surface area contributed by atoms with Gasteiger partial charge in [-0.15, -0.1) is 0 Å². The van der Waals surface area contributed by atoms with Gasteiger partial charge in [-0.25, -0.2) is 0 Å². The molecular formula is C12H20N2O2. The molecule has 4 nitrogen and oxygen atoms in total. The number of β-amino-alcohol motifs (C(OH)–C–C–N with tert-alkyl or cyclic N) is 1. The maximum absolute atomic E-state index is 10.4. The van der Waals surface area contributed by atoms with Crippen LogP contribution in [-0.2, 0) is 4.74 Å². The highest BCUT2D eigenvalue weighted by Gasteiger charge is 2.33. The highest BCUT2D eigenvalue weighted by molar-refractivity contribution is 4.90. The van der Waals surface area contributed by atoms with Crippen molar-refractivity contribution in [2.45, 2.75) is 31.3 Å². The summed E-state index contributed by atoms with van der Waals surface area (Å²) in [5.74, 6) is 0.223. The molecule has 0 bridgehead atoms. The van der Waals surface area contributed by atoms with Crippen LogP contribution in [0.2, 0.25) is 0 Å². The molecule has 2 rings (SSSR count). The van der Waals surface area contributed by atoms with Gasteiger partial charge in [0.15, 0.2) is 0 Å². The molecule has 4 heteroatoms. The van der Waals surface area contributed by atoms with E-state index in [1.807, 2.05) is 0 Å². The Morgan fingerprint density at radius 1 is 1.31 bits per heavy atom. The van der Waals surface area contributed by atoms with Gasteiger partial charge in [-0.3, -0.25) is 0 Å². The monoisotopic (exact) mass is 224 g/mol. The van der Waals surface area contributed by atoms with Crippen LogP contribution >= 0.6 is 0 Å². The summed E-state index contributed by atoms with van der Waals surface area (Å²) in [7, 11) is 0. The van der Waals surface area contributed by atoms with Gasteiger partial charge in [0.25, 0.3) is 0 Å². The molecule has 90 valence electrons. The molecule has 0 unspecified atom stereocenters. The first kappa shape index (κ1) is 11.8. The van der Waals surface area contributed by atoms with Crippen molar-refractivity contribution >= 4 is 0 Å². The van der Waals surface area contributed by atoms with E-state index in [0.717, 1.165) is 45.3 Å². The van der Waals surface area contributed by atoms with Gasteiger partial charge in [-0.05, 0) is 25.9 Å². The molecule has 0 spiro atoms. The Bertz CT molecular complexity index is 261. The summed E-state index contributed by atoms with van der Waals surface area (Å²) in [6, 6.07) is 2.33. The lowest BCUT2D eigenvalue weighted by atomic mass is 9.91. The van der Waals surface area contributed by atoms with Crippen molar-refractivity contribution in [3.8, 4) is 6.07 Å². The molecule has 2 fully saturated rings. The van der Waals surface area contributed by atoms with Crippen LogP contribution in [0.4, 0.5) is 0 Å². The second kappa shape index (κ2) is 5.13. The maximum Gasteiger partial charge on any atom is 0.0817 e. The van der Waals surface area contributed by atoms with E-state index < -0.39 is 5.60 Å². The minimum Gasteiger partial charge on any atom is -0.388 e. The first-order valence-corrected chi connectivity index (χ1v) is 6.14. The van der Waals surface area contributed by atoms with Crippen molar-refractivity contribution in [2.75, 3.05) is 32.8 Å². The maximum atomic E-state index is 10.4. The SMILES string of the molecule is N#CC1CCN(CC2(O)CCOCC2)CC1. The Balaban J connectivity index is 1.79. The number of hydrogen-bond donors (Lipinski definition) is 1. The van der Waals surface area contributed by atoms with E-state index >= 15 is 0 Å². The number of nitrogens with zero attached hydrogens (tertiary/aromatic N) is 2. The lowest BCUT2D eigenvalue weighted by molar-refractivity contribution is -0.0823. The Morgan fingerprint density at radius 2 is 1.94 bits per heavy atom. The van der Waals surface area contributed by atoms with E-state index in [1.165, 1.54) is 0 Å². The summed E-state index contributed by atoms with van der Waals surface area (Å²) in [5, 5.41) is 19.2. The lowest BCUT2D eigenvalue weighted by Gasteiger charge is -2.39. The van der Waals surface area contributed by atoms with Gasteiger partial charge in [0.2, 0.25) is 0 Å². The average Bonchev–Trinajstić information content (AvgIpc) is 2.30. The molecule has 2 aliphatic rings. The van der Waals surface area contributed by atoms with E-state index in [1.54, 1.807) is 0 Å². The normalized spacial score (nSPS) is 27.5. The van der Waals surface area contributed by atoms with Crippen molar-refractivity contribution in [1.82, 2.24) is 4.90 Å². The molecule has 0 aromatic heterocycles. The summed E-state index contributed by atoms with van der Waals surface area (Å²) < 4.78 is 5.27. The predicted molar refractivity (Wildman–Crippen MR) is 59.8 cm³/mol. The third kappa shape index (κ3) is 2.94. The number of rotatable bonds is 2. The fraction of sp³-hybridized carbons (Fsp3) is 0.917. The number of likely N-dealkylation sites (tertiary alicyclic amines) is 1. The zero-order valence-corrected chi connectivity index (χ0v) is 9.69. The van der Waals surface area contributed by atoms with Crippen molar-refractivity contribution in [2.24, 2.45) is 5.92 Å². The zero-order valence-electron chi connectivity index (χ0n) is 9.69. The summed E-state index contributed by atoms with van der Waals surface area (Å²) in [6.45, 7) is 3.98. The van der Waals surface area contributed by atoms with Crippen LogP contribution in [-0.4, -0.2) is 48.5 Å². The number of piperidine rings is 1. The van der Waals surface area contributed by atoms with Crippen LogP contribution in [0, 0.1) is 17.2 Å². The molecule has 0 amide bonds. The molecular weight excluding hydrogens is 204 g/mol. The highest BCUT2D eigenvalue weighted by atomic mass is 16.5. The molecule has 2 saturated heterocycles. The zero-order chi connectivity index (χ0) is 11.4. The molecule has 2 heterocycles. The van der Waals surface area contributed by atoms with Crippen LogP contribution in [0.1, 0.15) is 25.7 Å². The molecule has 0 aliphatic carbocycles. The van der Waals surface area contributed by atoms with Crippen LogP contribution < -0.4 is 0 Å². The van der Waals surface area contributed by atoms with E-state index in [0.29, 0.717) is 13.2 Å². The highest BCUT2D eigenvalue weighted by Crippen LogP contribution is 2.24. The van der Waals surface area contributed by atoms with Crippen molar-refractivity contribution in [3.63, 3.8) is 0 Å². The fourth-order valence-corrected chi connectivity index (χ4v) is 2.55. The van der Waals surface area contributed by atoms with Gasteiger partial charge in [0, 0.05) is 38.5 Å². The molecule has 0 aromatic carbocycles. The quantitative estimate of drug-likeness (QED) is 0.752. The molecule has 2 aliphatic heterocycles. The standard InChI is InChI=1S/C12H20N2O2/c13-9-11-1-5-14(6-2-11)10-12(15)3-7-16-8-4-12/h11,15H,1-8,10H2. The first-order valence-electron chi connectivity index (χ1n) is 6.14. The predicted octanol–water partition coefficient (Wildman–Crippen LogP) is 0.763. The van der Waals surface area contributed by atoms with E-state index in [2.05, 4.69) is 11.0 Å². The minimum atomic E-state index is -0.558. The summed E-state index contributed by atoms with van der Waals surface area (Å²) in [4.78, 5) is 2.29. The minimum absolute atomic E-state index is 0.223. The van der Waals surface area contributed by atoms with Crippen molar-refractivity contribution in [1.29, 1.82) is 5.26 Å². The topological polar surface area (TPSA) is 56.5 Å². The largest absolute Gasteiger partial charge is 0.388 e. The smallest absolute Gasteiger partial charge is 0.0817 e. The number of aliphatic hydroxyl groups is 1. The van der Waals surface area contributed by atoms with Gasteiger partial charge < -0.3 is 14.7 Å². The molecule has 0 aromatic rings. The first-order chi connectivity index (χ1) is 7.72. The Kier molecular flexibility index (Phi) is 3.80. The average molecular weight is 224 g/mol. The number of nitriles is 1.